The van der Waals surface area contributed by atoms with Crippen molar-refractivity contribution in [2.75, 3.05) is 13.1 Å². The summed E-state index contributed by atoms with van der Waals surface area (Å²) in [6.07, 6.45) is 7.61. The van der Waals surface area contributed by atoms with Crippen molar-refractivity contribution in [2.24, 2.45) is 5.92 Å². The number of amides is 1. The van der Waals surface area contributed by atoms with Gasteiger partial charge in [-0.2, -0.15) is 0 Å². The van der Waals surface area contributed by atoms with Crippen molar-refractivity contribution >= 4 is 5.91 Å². The number of carbonyl (C=O) groups is 1. The molecule has 0 spiro atoms. The molecule has 0 bridgehead atoms. The van der Waals surface area contributed by atoms with Crippen LogP contribution in [0.3, 0.4) is 0 Å². The first-order chi connectivity index (χ1) is 10.7. The van der Waals surface area contributed by atoms with E-state index in [-0.39, 0.29) is 5.91 Å². The Morgan fingerprint density at radius 1 is 1.18 bits per heavy atom. The van der Waals surface area contributed by atoms with Crippen molar-refractivity contribution < 1.29 is 4.79 Å². The Morgan fingerprint density at radius 3 is 2.36 bits per heavy atom. The van der Waals surface area contributed by atoms with Gasteiger partial charge in [0.2, 0.25) is 0 Å². The van der Waals surface area contributed by atoms with E-state index in [1.807, 2.05) is 46.9 Å². The van der Waals surface area contributed by atoms with Gasteiger partial charge in [-0.15, -0.1) is 0 Å². The van der Waals surface area contributed by atoms with Gasteiger partial charge in [-0.3, -0.25) is 4.79 Å². The first kappa shape index (κ1) is 16.3. The smallest absolute Gasteiger partial charge is 0.253 e. The van der Waals surface area contributed by atoms with E-state index < -0.39 is 0 Å². The van der Waals surface area contributed by atoms with Gasteiger partial charge in [0.05, 0.1) is 6.33 Å². The zero-order valence-corrected chi connectivity index (χ0v) is 13.7. The molecule has 0 aliphatic rings. The maximum absolute atomic E-state index is 12.6. The summed E-state index contributed by atoms with van der Waals surface area (Å²) in [5.41, 5.74) is 1.76. The lowest BCUT2D eigenvalue weighted by Gasteiger charge is -2.25. The normalized spacial score (nSPS) is 10.9. The number of hydrogen-bond acceptors (Lipinski definition) is 2. The van der Waals surface area contributed by atoms with Crippen molar-refractivity contribution in [1.29, 1.82) is 0 Å². The molecule has 1 aromatic carbocycles. The second-order valence-corrected chi connectivity index (χ2v) is 5.54. The van der Waals surface area contributed by atoms with Crippen LogP contribution in [0.2, 0.25) is 0 Å². The average molecular weight is 299 g/mol. The van der Waals surface area contributed by atoms with Crippen molar-refractivity contribution in [3.05, 3.63) is 48.5 Å². The minimum Gasteiger partial charge on any atom is -0.339 e. The van der Waals surface area contributed by atoms with Crippen molar-refractivity contribution in [3.63, 3.8) is 0 Å². The third-order valence-electron chi connectivity index (χ3n) is 4.22. The highest BCUT2D eigenvalue weighted by Gasteiger charge is 2.17. The van der Waals surface area contributed by atoms with E-state index in [0.717, 1.165) is 37.2 Å². The summed E-state index contributed by atoms with van der Waals surface area (Å²) in [6, 6.07) is 7.71. The Morgan fingerprint density at radius 2 is 1.86 bits per heavy atom. The quantitative estimate of drug-likeness (QED) is 0.780. The van der Waals surface area contributed by atoms with Gasteiger partial charge < -0.3 is 9.47 Å². The molecule has 0 radical (unpaired) electrons. The monoisotopic (exact) mass is 299 g/mol. The van der Waals surface area contributed by atoms with Crippen LogP contribution in [-0.2, 0) is 0 Å². The molecule has 0 fully saturated rings. The van der Waals surface area contributed by atoms with Gasteiger partial charge in [0.15, 0.2) is 0 Å². The molecule has 0 saturated heterocycles. The molecule has 0 atom stereocenters. The number of carbonyl (C=O) groups excluding carboxylic acids is 1. The van der Waals surface area contributed by atoms with Crippen LogP contribution < -0.4 is 0 Å². The summed E-state index contributed by atoms with van der Waals surface area (Å²) < 4.78 is 1.93. The second kappa shape index (κ2) is 7.78. The van der Waals surface area contributed by atoms with Gasteiger partial charge >= 0.3 is 0 Å². The lowest BCUT2D eigenvalue weighted by Crippen LogP contribution is -2.35. The Balaban J connectivity index is 2.10. The largest absolute Gasteiger partial charge is 0.339 e. The maximum Gasteiger partial charge on any atom is 0.253 e. The number of benzene rings is 1. The van der Waals surface area contributed by atoms with Crippen molar-refractivity contribution in [1.82, 2.24) is 14.5 Å². The number of aromatic nitrogens is 2. The summed E-state index contributed by atoms with van der Waals surface area (Å²) in [5, 5.41) is 0. The highest BCUT2D eigenvalue weighted by Crippen LogP contribution is 2.15. The van der Waals surface area contributed by atoms with Crippen LogP contribution in [0.25, 0.3) is 5.69 Å². The molecule has 0 unspecified atom stereocenters. The number of hydrogen-bond donors (Lipinski definition) is 0. The molecule has 1 aromatic heterocycles. The Hall–Kier alpha value is -2.10. The average Bonchev–Trinajstić information content (AvgIpc) is 3.10. The SMILES string of the molecule is CCC(CC)CN(CC)C(=O)c1ccc(-n2ccnc2)cc1. The molecule has 2 rings (SSSR count). The fraction of sp³-hybridized carbons (Fsp3) is 0.444. The van der Waals surface area contributed by atoms with E-state index in [4.69, 9.17) is 0 Å². The number of nitrogens with zero attached hydrogens (tertiary/aromatic N) is 3. The fourth-order valence-electron chi connectivity index (χ4n) is 2.58. The van der Waals surface area contributed by atoms with Gasteiger partial charge in [0.1, 0.15) is 0 Å². The predicted molar refractivity (Wildman–Crippen MR) is 89.2 cm³/mol. The van der Waals surface area contributed by atoms with E-state index in [2.05, 4.69) is 18.8 Å². The maximum atomic E-state index is 12.6. The molecule has 0 aliphatic heterocycles. The predicted octanol–water partition coefficient (Wildman–Crippen LogP) is 3.77. The van der Waals surface area contributed by atoms with E-state index in [1.165, 1.54) is 0 Å². The zero-order chi connectivity index (χ0) is 15.9. The van der Waals surface area contributed by atoms with E-state index >= 15 is 0 Å². The third-order valence-corrected chi connectivity index (χ3v) is 4.22. The Labute approximate surface area is 132 Å². The molecule has 4 heteroatoms. The van der Waals surface area contributed by atoms with E-state index in [1.54, 1.807) is 12.5 Å². The lowest BCUT2D eigenvalue weighted by molar-refractivity contribution is 0.0735. The van der Waals surface area contributed by atoms with Gasteiger partial charge in [-0.05, 0) is 37.1 Å². The van der Waals surface area contributed by atoms with E-state index in [9.17, 15) is 4.79 Å². The molecule has 0 saturated carbocycles. The van der Waals surface area contributed by atoms with Crippen LogP contribution in [0.1, 0.15) is 44.0 Å². The molecular formula is C18H25N3O. The zero-order valence-electron chi connectivity index (χ0n) is 13.7. The van der Waals surface area contributed by atoms with Crippen LogP contribution in [0.5, 0.6) is 0 Å². The first-order valence-electron chi connectivity index (χ1n) is 8.07. The minimum atomic E-state index is 0.117. The standard InChI is InChI=1S/C18H25N3O/c1-4-15(5-2)13-20(6-3)18(22)16-7-9-17(10-8-16)21-12-11-19-14-21/h7-12,14-15H,4-6,13H2,1-3H3. The van der Waals surface area contributed by atoms with Gasteiger partial charge in [-0.25, -0.2) is 4.98 Å². The fourth-order valence-corrected chi connectivity index (χ4v) is 2.58. The van der Waals surface area contributed by atoms with Gasteiger partial charge in [0, 0.05) is 36.7 Å². The molecule has 2 aromatic rings. The molecular weight excluding hydrogens is 274 g/mol. The molecule has 4 nitrogen and oxygen atoms in total. The Bertz CT molecular complexity index is 571. The van der Waals surface area contributed by atoms with Gasteiger partial charge in [0.25, 0.3) is 5.91 Å². The topological polar surface area (TPSA) is 38.1 Å². The summed E-state index contributed by atoms with van der Waals surface area (Å²) in [5.74, 6) is 0.695. The van der Waals surface area contributed by atoms with Crippen LogP contribution in [0.15, 0.2) is 43.0 Å². The highest BCUT2D eigenvalue weighted by atomic mass is 16.2. The summed E-state index contributed by atoms with van der Waals surface area (Å²) in [7, 11) is 0. The van der Waals surface area contributed by atoms with Crippen LogP contribution in [0.4, 0.5) is 0 Å². The third kappa shape index (κ3) is 3.75. The second-order valence-electron chi connectivity index (χ2n) is 5.54. The van der Waals surface area contributed by atoms with Crippen LogP contribution in [0, 0.1) is 5.92 Å². The van der Waals surface area contributed by atoms with Gasteiger partial charge in [-0.1, -0.05) is 26.7 Å². The van der Waals surface area contributed by atoms with Crippen LogP contribution in [-0.4, -0.2) is 33.4 Å². The van der Waals surface area contributed by atoms with E-state index in [0.29, 0.717) is 5.92 Å². The molecule has 1 amide bonds. The van der Waals surface area contributed by atoms with Crippen molar-refractivity contribution in [3.8, 4) is 5.69 Å². The summed E-state index contributed by atoms with van der Waals surface area (Å²) >= 11 is 0. The molecule has 118 valence electrons. The van der Waals surface area contributed by atoms with Crippen molar-refractivity contribution in [2.45, 2.75) is 33.6 Å². The minimum absolute atomic E-state index is 0.117. The number of imidazole rings is 1. The molecule has 22 heavy (non-hydrogen) atoms. The number of rotatable bonds is 7. The first-order valence-corrected chi connectivity index (χ1v) is 8.07. The summed E-state index contributed by atoms with van der Waals surface area (Å²) in [4.78, 5) is 18.6. The Kier molecular flexibility index (Phi) is 5.75. The molecule has 0 N–H and O–H groups in total. The van der Waals surface area contributed by atoms with Crippen LogP contribution >= 0.6 is 0 Å². The molecule has 1 heterocycles. The highest BCUT2D eigenvalue weighted by molar-refractivity contribution is 5.94. The summed E-state index contributed by atoms with van der Waals surface area (Å²) in [6.45, 7) is 8.00. The lowest BCUT2D eigenvalue weighted by atomic mass is 10.0. The molecule has 0 aliphatic carbocycles.